The minimum absolute atomic E-state index is 0.0372. The van der Waals surface area contributed by atoms with Crippen LogP contribution in [0.3, 0.4) is 0 Å². The number of benzene rings is 1. The fourth-order valence-electron chi connectivity index (χ4n) is 1.81. The maximum absolute atomic E-state index is 13.8. The summed E-state index contributed by atoms with van der Waals surface area (Å²) in [5.74, 6) is -1.32. The molecule has 2 N–H and O–H groups in total. The molecular formula is C13H12ClFN2O2. The summed E-state index contributed by atoms with van der Waals surface area (Å²) < 4.78 is 13.8. The van der Waals surface area contributed by atoms with Crippen molar-refractivity contribution in [3.8, 4) is 17.3 Å². The van der Waals surface area contributed by atoms with E-state index in [-0.39, 0.29) is 27.9 Å². The summed E-state index contributed by atoms with van der Waals surface area (Å²) >= 11 is 5.67. The van der Waals surface area contributed by atoms with E-state index in [1.807, 2.05) is 0 Å². The lowest BCUT2D eigenvalue weighted by Gasteiger charge is -2.09. The molecule has 2 rings (SSSR count). The molecule has 0 atom stereocenters. The van der Waals surface area contributed by atoms with Crippen LogP contribution in [0.4, 0.5) is 4.39 Å². The van der Waals surface area contributed by atoms with Crippen molar-refractivity contribution in [1.29, 1.82) is 0 Å². The maximum Gasteiger partial charge on any atom is 0.258 e. The molecule has 0 aliphatic heterocycles. The lowest BCUT2D eigenvalue weighted by molar-refractivity contribution is 0.440. The van der Waals surface area contributed by atoms with Crippen molar-refractivity contribution in [3.05, 3.63) is 45.0 Å². The van der Waals surface area contributed by atoms with Gasteiger partial charge in [0, 0.05) is 0 Å². The average molecular weight is 283 g/mol. The zero-order chi connectivity index (χ0) is 14.2. The quantitative estimate of drug-likeness (QED) is 0.890. The normalized spacial score (nSPS) is 11.0. The van der Waals surface area contributed by atoms with Gasteiger partial charge in [-0.1, -0.05) is 31.5 Å². The standard InChI is InChI=1S/C13H12ClFN2O2/c1-6(2)9-12(18)16-11(17-13(9)19)7-4-3-5-8(14)10(7)15/h3-6H,1-2H3,(H2,16,17,18,19). The third kappa shape index (κ3) is 2.46. The van der Waals surface area contributed by atoms with Gasteiger partial charge in [-0.25, -0.2) is 4.39 Å². The fraction of sp³-hybridized carbons (Fsp3) is 0.231. The third-order valence-electron chi connectivity index (χ3n) is 2.72. The molecular weight excluding hydrogens is 271 g/mol. The van der Waals surface area contributed by atoms with Gasteiger partial charge in [0.15, 0.2) is 5.82 Å². The van der Waals surface area contributed by atoms with Gasteiger partial charge < -0.3 is 10.1 Å². The Bertz CT molecular complexity index is 683. The highest BCUT2D eigenvalue weighted by Crippen LogP contribution is 2.27. The zero-order valence-corrected chi connectivity index (χ0v) is 11.1. The van der Waals surface area contributed by atoms with E-state index in [0.717, 1.165) is 0 Å². The lowest BCUT2D eigenvalue weighted by Crippen LogP contribution is -2.16. The largest absolute Gasteiger partial charge is 0.493 e. The van der Waals surface area contributed by atoms with Gasteiger partial charge in [-0.2, -0.15) is 4.98 Å². The summed E-state index contributed by atoms with van der Waals surface area (Å²) in [5, 5.41) is 9.70. The molecule has 1 aromatic heterocycles. The van der Waals surface area contributed by atoms with Gasteiger partial charge in [-0.3, -0.25) is 4.79 Å². The van der Waals surface area contributed by atoms with E-state index >= 15 is 0 Å². The molecule has 0 bridgehead atoms. The first-order valence-electron chi connectivity index (χ1n) is 5.69. The number of nitrogens with zero attached hydrogens (tertiary/aromatic N) is 1. The van der Waals surface area contributed by atoms with E-state index < -0.39 is 17.3 Å². The van der Waals surface area contributed by atoms with Crippen LogP contribution in [0.2, 0.25) is 5.02 Å². The van der Waals surface area contributed by atoms with Crippen molar-refractivity contribution in [2.75, 3.05) is 0 Å². The number of aromatic nitrogens is 2. The van der Waals surface area contributed by atoms with Crippen molar-refractivity contribution < 1.29 is 9.50 Å². The first-order chi connectivity index (χ1) is 8.91. The van der Waals surface area contributed by atoms with Gasteiger partial charge in [-0.15, -0.1) is 0 Å². The topological polar surface area (TPSA) is 66.0 Å². The minimum Gasteiger partial charge on any atom is -0.493 e. The minimum atomic E-state index is -0.691. The number of aromatic hydroxyl groups is 1. The molecule has 0 saturated carbocycles. The van der Waals surface area contributed by atoms with Crippen LogP contribution >= 0.6 is 11.6 Å². The Labute approximate surface area is 113 Å². The third-order valence-corrected chi connectivity index (χ3v) is 3.01. The molecule has 0 saturated heterocycles. The summed E-state index contributed by atoms with van der Waals surface area (Å²) in [6, 6.07) is 4.35. The Hall–Kier alpha value is -1.88. The molecule has 1 heterocycles. The average Bonchev–Trinajstić information content (AvgIpc) is 2.31. The molecule has 0 fully saturated rings. The van der Waals surface area contributed by atoms with Crippen LogP contribution in [0.1, 0.15) is 25.3 Å². The first-order valence-corrected chi connectivity index (χ1v) is 6.07. The summed E-state index contributed by atoms with van der Waals surface area (Å²) in [7, 11) is 0. The van der Waals surface area contributed by atoms with Gasteiger partial charge in [0.25, 0.3) is 5.56 Å². The molecule has 19 heavy (non-hydrogen) atoms. The summed E-state index contributed by atoms with van der Waals surface area (Å²) in [6.45, 7) is 3.51. The highest BCUT2D eigenvalue weighted by molar-refractivity contribution is 6.31. The van der Waals surface area contributed by atoms with Crippen molar-refractivity contribution in [1.82, 2.24) is 9.97 Å². The molecule has 0 aliphatic rings. The van der Waals surface area contributed by atoms with Crippen LogP contribution in [0.15, 0.2) is 23.0 Å². The molecule has 100 valence electrons. The predicted octanol–water partition coefficient (Wildman–Crippen LogP) is 3.06. The van der Waals surface area contributed by atoms with Gasteiger partial charge >= 0.3 is 0 Å². The highest BCUT2D eigenvalue weighted by atomic mass is 35.5. The van der Waals surface area contributed by atoms with E-state index in [0.29, 0.717) is 0 Å². The molecule has 0 unspecified atom stereocenters. The number of hydrogen-bond acceptors (Lipinski definition) is 3. The van der Waals surface area contributed by atoms with Crippen LogP contribution in [0.5, 0.6) is 5.88 Å². The van der Waals surface area contributed by atoms with E-state index in [1.165, 1.54) is 18.2 Å². The summed E-state index contributed by atoms with van der Waals surface area (Å²) in [4.78, 5) is 18.1. The molecule has 0 amide bonds. The number of H-pyrrole nitrogens is 1. The SMILES string of the molecule is CC(C)c1c(O)nc(-c2cccc(Cl)c2F)[nH]c1=O. The lowest BCUT2D eigenvalue weighted by atomic mass is 10.1. The van der Waals surface area contributed by atoms with Gasteiger partial charge in [0.2, 0.25) is 5.88 Å². The van der Waals surface area contributed by atoms with Crippen molar-refractivity contribution in [3.63, 3.8) is 0 Å². The highest BCUT2D eigenvalue weighted by Gasteiger charge is 2.17. The van der Waals surface area contributed by atoms with Crippen LogP contribution in [0, 0.1) is 5.82 Å². The molecule has 1 aromatic carbocycles. The number of nitrogens with one attached hydrogen (secondary N) is 1. The van der Waals surface area contributed by atoms with Gasteiger partial charge in [0.1, 0.15) is 5.82 Å². The number of rotatable bonds is 2. The van der Waals surface area contributed by atoms with Gasteiger partial charge in [-0.05, 0) is 18.1 Å². The van der Waals surface area contributed by atoms with Crippen LogP contribution in [0.25, 0.3) is 11.4 Å². The monoisotopic (exact) mass is 282 g/mol. The smallest absolute Gasteiger partial charge is 0.258 e. The van der Waals surface area contributed by atoms with Crippen LogP contribution < -0.4 is 5.56 Å². The Balaban J connectivity index is 2.66. The van der Waals surface area contributed by atoms with E-state index in [9.17, 15) is 14.3 Å². The maximum atomic E-state index is 13.8. The zero-order valence-electron chi connectivity index (χ0n) is 10.4. The Kier molecular flexibility index (Phi) is 3.57. The number of aromatic amines is 1. The first kappa shape index (κ1) is 13.5. The van der Waals surface area contributed by atoms with Crippen LogP contribution in [-0.4, -0.2) is 15.1 Å². The van der Waals surface area contributed by atoms with Gasteiger partial charge in [0.05, 0.1) is 16.1 Å². The number of hydrogen-bond donors (Lipinski definition) is 2. The van der Waals surface area contributed by atoms with Crippen molar-refractivity contribution >= 4 is 11.6 Å². The molecule has 2 aromatic rings. The molecule has 0 aliphatic carbocycles. The molecule has 6 heteroatoms. The molecule has 0 radical (unpaired) electrons. The second-order valence-corrected chi connectivity index (χ2v) is 4.82. The Morgan fingerprint density at radius 1 is 1.42 bits per heavy atom. The molecule has 4 nitrogen and oxygen atoms in total. The second kappa shape index (κ2) is 5.01. The summed E-state index contributed by atoms with van der Waals surface area (Å²) in [5.41, 5.74) is -0.279. The number of halogens is 2. The Morgan fingerprint density at radius 2 is 2.11 bits per heavy atom. The Morgan fingerprint density at radius 3 is 2.68 bits per heavy atom. The summed E-state index contributed by atoms with van der Waals surface area (Å²) in [6.07, 6.45) is 0. The van der Waals surface area contributed by atoms with E-state index in [2.05, 4.69) is 9.97 Å². The van der Waals surface area contributed by atoms with Crippen molar-refractivity contribution in [2.45, 2.75) is 19.8 Å². The fourth-order valence-corrected chi connectivity index (χ4v) is 1.98. The second-order valence-electron chi connectivity index (χ2n) is 4.41. The predicted molar refractivity (Wildman–Crippen MR) is 71.0 cm³/mol. The van der Waals surface area contributed by atoms with Crippen LogP contribution in [-0.2, 0) is 0 Å². The van der Waals surface area contributed by atoms with Crippen molar-refractivity contribution in [2.24, 2.45) is 0 Å². The molecule has 0 spiro atoms. The van der Waals surface area contributed by atoms with E-state index in [1.54, 1.807) is 13.8 Å². The van der Waals surface area contributed by atoms with E-state index in [4.69, 9.17) is 11.6 Å².